The fourth-order valence-electron chi connectivity index (χ4n) is 3.18. The Morgan fingerprint density at radius 3 is 2.68 bits per heavy atom. The van der Waals surface area contributed by atoms with Crippen molar-refractivity contribution in [2.24, 2.45) is 7.05 Å². The highest BCUT2D eigenvalue weighted by atomic mass is 16.2. The molecule has 1 amide bonds. The first-order valence-electron chi connectivity index (χ1n) is 7.88. The summed E-state index contributed by atoms with van der Waals surface area (Å²) in [6.07, 6.45) is 2.20. The third-order valence-electron chi connectivity index (χ3n) is 4.53. The van der Waals surface area contributed by atoms with E-state index < -0.39 is 0 Å². The molecule has 22 heavy (non-hydrogen) atoms. The molecule has 0 bridgehead atoms. The number of aromatic nitrogens is 1. The molecule has 1 aromatic carbocycles. The van der Waals surface area contributed by atoms with E-state index in [9.17, 15) is 4.79 Å². The first-order valence-corrected chi connectivity index (χ1v) is 7.88. The molecule has 1 N–H and O–H groups in total. The van der Waals surface area contributed by atoms with E-state index in [0.29, 0.717) is 6.04 Å². The number of carbonyl (C=O) groups excluding carboxylic acids is 1. The van der Waals surface area contributed by atoms with Crippen molar-refractivity contribution >= 4 is 5.91 Å². The van der Waals surface area contributed by atoms with Crippen molar-refractivity contribution in [2.75, 3.05) is 20.1 Å². The highest BCUT2D eigenvalue weighted by Gasteiger charge is 2.25. The molecule has 116 valence electrons. The number of likely N-dealkylation sites (N-methyl/N-ethyl adjacent to an activating group) is 1. The van der Waals surface area contributed by atoms with Crippen LogP contribution in [0.5, 0.6) is 0 Å². The van der Waals surface area contributed by atoms with E-state index in [1.807, 2.05) is 53.9 Å². The molecule has 0 radical (unpaired) electrons. The van der Waals surface area contributed by atoms with E-state index in [2.05, 4.69) is 17.4 Å². The van der Waals surface area contributed by atoms with E-state index in [1.54, 1.807) is 0 Å². The molecule has 0 spiro atoms. The lowest BCUT2D eigenvalue weighted by molar-refractivity contribution is 0.0688. The lowest BCUT2D eigenvalue weighted by atomic mass is 10.1. The highest BCUT2D eigenvalue weighted by molar-refractivity contribution is 5.94. The average molecular weight is 297 g/mol. The maximum atomic E-state index is 12.8. The Morgan fingerprint density at radius 1 is 1.18 bits per heavy atom. The Balaban J connectivity index is 1.83. The van der Waals surface area contributed by atoms with E-state index in [1.165, 1.54) is 0 Å². The Morgan fingerprint density at radius 2 is 1.95 bits per heavy atom. The molecule has 0 aliphatic carbocycles. The van der Waals surface area contributed by atoms with Crippen LogP contribution in [0.3, 0.4) is 0 Å². The summed E-state index contributed by atoms with van der Waals surface area (Å²) in [7, 11) is 3.93. The minimum absolute atomic E-state index is 0.129. The van der Waals surface area contributed by atoms with E-state index in [0.717, 1.165) is 42.9 Å². The lowest BCUT2D eigenvalue weighted by Gasteiger charge is -2.32. The number of nitrogens with one attached hydrogen (secondary N) is 1. The van der Waals surface area contributed by atoms with Crippen LogP contribution in [0.15, 0.2) is 42.5 Å². The van der Waals surface area contributed by atoms with Gasteiger partial charge >= 0.3 is 0 Å². The maximum Gasteiger partial charge on any atom is 0.270 e. The summed E-state index contributed by atoms with van der Waals surface area (Å²) in [5.74, 6) is 0.129. The molecular weight excluding hydrogens is 274 g/mol. The summed E-state index contributed by atoms with van der Waals surface area (Å²) < 4.78 is 2.00. The molecule has 2 heterocycles. The Hall–Kier alpha value is -2.07. The van der Waals surface area contributed by atoms with Crippen LogP contribution >= 0.6 is 0 Å². The van der Waals surface area contributed by atoms with Crippen LogP contribution in [0.4, 0.5) is 0 Å². The molecule has 0 unspecified atom stereocenters. The highest BCUT2D eigenvalue weighted by Crippen LogP contribution is 2.23. The zero-order chi connectivity index (χ0) is 15.5. The fourth-order valence-corrected chi connectivity index (χ4v) is 3.18. The molecule has 1 aliphatic rings. The standard InChI is InChI=1S/C18H23N3O/c1-19-15-9-6-12-21(13-15)18(22)17-11-10-16(20(17)2)14-7-4-3-5-8-14/h3-5,7-8,10-11,15,19H,6,9,12-13H2,1-2H3/t15-/m1/s1. The number of piperidine rings is 1. The molecule has 1 aromatic heterocycles. The van der Waals surface area contributed by atoms with E-state index in [-0.39, 0.29) is 5.91 Å². The van der Waals surface area contributed by atoms with Gasteiger partial charge in [-0.3, -0.25) is 4.79 Å². The second-order valence-electron chi connectivity index (χ2n) is 5.91. The number of carbonyl (C=O) groups is 1. The lowest BCUT2D eigenvalue weighted by Crippen LogP contribution is -2.47. The van der Waals surface area contributed by atoms with Gasteiger partial charge in [0.25, 0.3) is 5.91 Å². The molecule has 1 atom stereocenters. The van der Waals surface area contributed by atoms with Gasteiger partial charge in [0.2, 0.25) is 0 Å². The van der Waals surface area contributed by atoms with Crippen LogP contribution in [-0.2, 0) is 7.05 Å². The molecular formula is C18H23N3O. The van der Waals surface area contributed by atoms with E-state index >= 15 is 0 Å². The quantitative estimate of drug-likeness (QED) is 0.945. The van der Waals surface area contributed by atoms with Crippen molar-refractivity contribution in [3.05, 3.63) is 48.2 Å². The Labute approximate surface area is 131 Å². The molecule has 1 aliphatic heterocycles. The number of nitrogens with zero attached hydrogens (tertiary/aromatic N) is 2. The van der Waals surface area contributed by atoms with Crippen LogP contribution in [0.1, 0.15) is 23.3 Å². The van der Waals surface area contributed by atoms with Gasteiger partial charge in [0.15, 0.2) is 0 Å². The van der Waals surface area contributed by atoms with Crippen molar-refractivity contribution in [1.29, 1.82) is 0 Å². The van der Waals surface area contributed by atoms with Crippen molar-refractivity contribution in [2.45, 2.75) is 18.9 Å². The number of amides is 1. The predicted molar refractivity (Wildman–Crippen MR) is 88.8 cm³/mol. The van der Waals surface area contributed by atoms with Crippen molar-refractivity contribution in [3.8, 4) is 11.3 Å². The normalized spacial score (nSPS) is 18.5. The van der Waals surface area contributed by atoms with Gasteiger partial charge in [-0.05, 0) is 37.6 Å². The zero-order valence-corrected chi connectivity index (χ0v) is 13.2. The van der Waals surface area contributed by atoms with Crippen molar-refractivity contribution < 1.29 is 4.79 Å². The van der Waals surface area contributed by atoms with Gasteiger partial charge in [0.1, 0.15) is 5.69 Å². The third-order valence-corrected chi connectivity index (χ3v) is 4.53. The second kappa shape index (κ2) is 6.36. The second-order valence-corrected chi connectivity index (χ2v) is 5.91. The minimum atomic E-state index is 0.129. The van der Waals surface area contributed by atoms with Gasteiger partial charge in [-0.1, -0.05) is 30.3 Å². The van der Waals surface area contributed by atoms with Crippen molar-refractivity contribution in [3.63, 3.8) is 0 Å². The Bertz CT molecular complexity index is 648. The van der Waals surface area contributed by atoms with Crippen molar-refractivity contribution in [1.82, 2.24) is 14.8 Å². The number of rotatable bonds is 3. The molecule has 3 rings (SSSR count). The minimum Gasteiger partial charge on any atom is -0.340 e. The SMILES string of the molecule is CN[C@@H]1CCCN(C(=O)c2ccc(-c3ccccc3)n2C)C1. The molecule has 4 heteroatoms. The van der Waals surface area contributed by atoms with Gasteiger partial charge in [-0.2, -0.15) is 0 Å². The van der Waals surface area contributed by atoms with Gasteiger partial charge < -0.3 is 14.8 Å². The smallest absolute Gasteiger partial charge is 0.270 e. The number of hydrogen-bond acceptors (Lipinski definition) is 2. The molecule has 0 saturated carbocycles. The average Bonchev–Trinajstić information content (AvgIpc) is 2.96. The summed E-state index contributed by atoms with van der Waals surface area (Å²) in [6, 6.07) is 14.6. The summed E-state index contributed by atoms with van der Waals surface area (Å²) in [5, 5.41) is 3.29. The monoisotopic (exact) mass is 297 g/mol. The van der Waals surface area contributed by atoms with Gasteiger partial charge in [0, 0.05) is 31.9 Å². The first-order chi connectivity index (χ1) is 10.7. The zero-order valence-electron chi connectivity index (χ0n) is 13.2. The summed E-state index contributed by atoms with van der Waals surface area (Å²) in [4.78, 5) is 14.8. The number of likely N-dealkylation sites (tertiary alicyclic amines) is 1. The topological polar surface area (TPSA) is 37.3 Å². The molecule has 2 aromatic rings. The van der Waals surface area contributed by atoms with E-state index in [4.69, 9.17) is 0 Å². The van der Waals surface area contributed by atoms with Crippen LogP contribution in [0.25, 0.3) is 11.3 Å². The third kappa shape index (κ3) is 2.79. The fraction of sp³-hybridized carbons (Fsp3) is 0.389. The van der Waals surface area contributed by atoms with Crippen LogP contribution in [0.2, 0.25) is 0 Å². The van der Waals surface area contributed by atoms with Crippen LogP contribution < -0.4 is 5.32 Å². The maximum absolute atomic E-state index is 12.8. The van der Waals surface area contributed by atoms with Crippen LogP contribution in [0, 0.1) is 0 Å². The summed E-state index contributed by atoms with van der Waals surface area (Å²) >= 11 is 0. The summed E-state index contributed by atoms with van der Waals surface area (Å²) in [5.41, 5.74) is 2.97. The van der Waals surface area contributed by atoms with Gasteiger partial charge in [-0.25, -0.2) is 0 Å². The molecule has 1 fully saturated rings. The predicted octanol–water partition coefficient (Wildman–Crippen LogP) is 2.52. The van der Waals surface area contributed by atoms with Gasteiger partial charge in [0.05, 0.1) is 0 Å². The first kappa shape index (κ1) is 14.9. The number of benzene rings is 1. The summed E-state index contributed by atoms with van der Waals surface area (Å²) in [6.45, 7) is 1.64. The Kier molecular flexibility index (Phi) is 4.29. The number of hydrogen-bond donors (Lipinski definition) is 1. The largest absolute Gasteiger partial charge is 0.340 e. The van der Waals surface area contributed by atoms with Crippen LogP contribution in [-0.4, -0.2) is 41.6 Å². The molecule has 1 saturated heterocycles. The molecule has 4 nitrogen and oxygen atoms in total. The van der Waals surface area contributed by atoms with Gasteiger partial charge in [-0.15, -0.1) is 0 Å².